The average molecular weight is 439 g/mol. The minimum absolute atomic E-state index is 0.117. The van der Waals surface area contributed by atoms with Crippen molar-refractivity contribution in [1.82, 2.24) is 14.7 Å². The van der Waals surface area contributed by atoms with Crippen molar-refractivity contribution in [2.75, 3.05) is 18.4 Å². The van der Waals surface area contributed by atoms with Crippen molar-refractivity contribution in [1.29, 1.82) is 5.26 Å². The number of amides is 2. The Hall–Kier alpha value is -3.54. The number of para-hydroxylation sites is 1. The van der Waals surface area contributed by atoms with Gasteiger partial charge in [0.1, 0.15) is 11.2 Å². The zero-order valence-electron chi connectivity index (χ0n) is 19.0. The standard InChI is InChI=1S/C23H30N6O3/c1-16-14-28(21(31)32-22(2,3)4)13-11-23(16,10-12-24)29-15-18(19(25)30)20(27-29)26-17-8-6-5-7-9-17/h5-9,15-16H,10-11,13-14H2,1-4H3,(H2,25,30)(H,26,27)/t16-,23-/m1/s1. The number of nitriles is 1. The van der Waals surface area contributed by atoms with Crippen LogP contribution in [0.4, 0.5) is 16.3 Å². The molecule has 9 heteroatoms. The molecule has 170 valence electrons. The smallest absolute Gasteiger partial charge is 0.410 e. The van der Waals surface area contributed by atoms with Crippen LogP contribution in [0.3, 0.4) is 0 Å². The molecule has 1 aliphatic rings. The molecule has 1 aromatic carbocycles. The number of nitrogens with one attached hydrogen (secondary N) is 1. The van der Waals surface area contributed by atoms with Crippen LogP contribution >= 0.6 is 0 Å². The first-order valence-electron chi connectivity index (χ1n) is 10.6. The van der Waals surface area contributed by atoms with Crippen molar-refractivity contribution in [2.45, 2.75) is 51.7 Å². The van der Waals surface area contributed by atoms with Gasteiger partial charge in [-0.05, 0) is 39.3 Å². The molecule has 1 saturated heterocycles. The Morgan fingerprint density at radius 1 is 1.34 bits per heavy atom. The summed E-state index contributed by atoms with van der Waals surface area (Å²) < 4.78 is 7.19. The summed E-state index contributed by atoms with van der Waals surface area (Å²) in [5.74, 6) is -0.392. The second-order valence-corrected chi connectivity index (χ2v) is 9.21. The van der Waals surface area contributed by atoms with E-state index in [4.69, 9.17) is 10.5 Å². The molecular weight excluding hydrogens is 408 g/mol. The average Bonchev–Trinajstić information content (AvgIpc) is 3.13. The summed E-state index contributed by atoms with van der Waals surface area (Å²) in [7, 11) is 0. The number of piperidine rings is 1. The van der Waals surface area contributed by atoms with Gasteiger partial charge in [0.25, 0.3) is 5.91 Å². The van der Waals surface area contributed by atoms with E-state index >= 15 is 0 Å². The summed E-state index contributed by atoms with van der Waals surface area (Å²) in [6.07, 6.45) is 1.90. The fraction of sp³-hybridized carbons (Fsp3) is 0.478. The van der Waals surface area contributed by atoms with Gasteiger partial charge in [0.05, 0.1) is 18.0 Å². The number of anilines is 2. The van der Waals surface area contributed by atoms with Crippen molar-refractivity contribution in [2.24, 2.45) is 11.7 Å². The van der Waals surface area contributed by atoms with Crippen LogP contribution in [-0.2, 0) is 10.3 Å². The van der Waals surface area contributed by atoms with Crippen LogP contribution in [0.2, 0.25) is 0 Å². The summed E-state index contributed by atoms with van der Waals surface area (Å²) in [5, 5.41) is 17.4. The highest BCUT2D eigenvalue weighted by Crippen LogP contribution is 2.39. The first-order chi connectivity index (χ1) is 15.1. The van der Waals surface area contributed by atoms with Crippen LogP contribution in [0.25, 0.3) is 0 Å². The van der Waals surface area contributed by atoms with Gasteiger partial charge in [-0.2, -0.15) is 10.4 Å². The maximum absolute atomic E-state index is 12.6. The largest absolute Gasteiger partial charge is 0.444 e. The van der Waals surface area contributed by atoms with Crippen molar-refractivity contribution in [3.05, 3.63) is 42.1 Å². The fourth-order valence-electron chi connectivity index (χ4n) is 4.01. The summed E-state index contributed by atoms with van der Waals surface area (Å²) in [5.41, 5.74) is 5.35. The minimum Gasteiger partial charge on any atom is -0.444 e. The molecule has 1 aliphatic heterocycles. The maximum Gasteiger partial charge on any atom is 0.410 e. The second kappa shape index (κ2) is 8.91. The Morgan fingerprint density at radius 2 is 2.03 bits per heavy atom. The number of hydrogen-bond acceptors (Lipinski definition) is 6. The van der Waals surface area contributed by atoms with Crippen LogP contribution < -0.4 is 11.1 Å². The lowest BCUT2D eigenvalue weighted by molar-refractivity contribution is -0.00458. The summed E-state index contributed by atoms with van der Waals surface area (Å²) in [6, 6.07) is 11.6. The number of rotatable bonds is 5. The number of benzene rings is 1. The first-order valence-corrected chi connectivity index (χ1v) is 10.6. The van der Waals surface area contributed by atoms with Crippen molar-refractivity contribution >= 4 is 23.5 Å². The molecule has 0 spiro atoms. The molecule has 2 atom stereocenters. The zero-order chi connectivity index (χ0) is 23.5. The molecule has 0 aliphatic carbocycles. The van der Waals surface area contributed by atoms with Gasteiger partial charge in [0.15, 0.2) is 5.82 Å². The Kier molecular flexibility index (Phi) is 6.44. The van der Waals surface area contributed by atoms with Crippen LogP contribution in [0.5, 0.6) is 0 Å². The van der Waals surface area contributed by atoms with E-state index in [0.717, 1.165) is 5.69 Å². The normalized spacial score (nSPS) is 21.0. The van der Waals surface area contributed by atoms with E-state index in [1.165, 1.54) is 0 Å². The number of primary amides is 1. The molecule has 32 heavy (non-hydrogen) atoms. The van der Waals surface area contributed by atoms with Crippen molar-refractivity contribution in [3.63, 3.8) is 0 Å². The van der Waals surface area contributed by atoms with Gasteiger partial charge in [-0.3, -0.25) is 9.48 Å². The van der Waals surface area contributed by atoms with Crippen LogP contribution in [-0.4, -0.2) is 45.4 Å². The first kappa shape index (κ1) is 23.1. The SMILES string of the molecule is C[C@@H]1CN(C(=O)OC(C)(C)C)CC[C@@]1(CC#N)n1cc(C(N)=O)c(Nc2ccccc2)n1. The number of hydrogen-bond donors (Lipinski definition) is 2. The molecule has 1 fully saturated rings. The maximum atomic E-state index is 12.6. The molecule has 1 aromatic heterocycles. The van der Waals surface area contributed by atoms with Gasteiger partial charge in [0, 0.05) is 30.9 Å². The number of nitrogens with zero attached hydrogens (tertiary/aromatic N) is 4. The number of ether oxygens (including phenoxy) is 1. The lowest BCUT2D eigenvalue weighted by Gasteiger charge is -2.45. The molecule has 2 heterocycles. The van der Waals surface area contributed by atoms with E-state index < -0.39 is 17.0 Å². The lowest BCUT2D eigenvalue weighted by Crippen LogP contribution is -2.54. The molecule has 2 aromatic rings. The third-order valence-electron chi connectivity index (χ3n) is 5.74. The molecule has 0 unspecified atom stereocenters. The minimum atomic E-state index is -0.686. The van der Waals surface area contributed by atoms with Crippen LogP contribution in [0, 0.1) is 17.2 Å². The summed E-state index contributed by atoms with van der Waals surface area (Å²) in [6.45, 7) is 8.28. The van der Waals surface area contributed by atoms with Crippen molar-refractivity contribution < 1.29 is 14.3 Å². The third-order valence-corrected chi connectivity index (χ3v) is 5.74. The third kappa shape index (κ3) is 4.85. The van der Waals surface area contributed by atoms with E-state index in [2.05, 4.69) is 16.5 Å². The quantitative estimate of drug-likeness (QED) is 0.734. The lowest BCUT2D eigenvalue weighted by atomic mass is 9.77. The van der Waals surface area contributed by atoms with E-state index in [9.17, 15) is 14.9 Å². The number of carbonyl (C=O) groups excluding carboxylic acids is 2. The predicted molar refractivity (Wildman–Crippen MR) is 120 cm³/mol. The number of aromatic nitrogens is 2. The molecule has 3 rings (SSSR count). The fourth-order valence-corrected chi connectivity index (χ4v) is 4.01. The van der Waals surface area contributed by atoms with E-state index in [-0.39, 0.29) is 24.0 Å². The monoisotopic (exact) mass is 438 g/mol. The summed E-state index contributed by atoms with van der Waals surface area (Å²) >= 11 is 0. The van der Waals surface area contributed by atoms with Gasteiger partial charge < -0.3 is 20.7 Å². The van der Waals surface area contributed by atoms with Gasteiger partial charge in [-0.25, -0.2) is 4.79 Å². The van der Waals surface area contributed by atoms with Crippen molar-refractivity contribution in [3.8, 4) is 6.07 Å². The Morgan fingerprint density at radius 3 is 2.59 bits per heavy atom. The topological polar surface area (TPSA) is 126 Å². The Labute approximate surface area is 188 Å². The van der Waals surface area contributed by atoms with Crippen LogP contribution in [0.15, 0.2) is 36.5 Å². The predicted octanol–water partition coefficient (Wildman–Crippen LogP) is 3.61. The molecule has 0 radical (unpaired) electrons. The van der Waals surface area contributed by atoms with Gasteiger partial charge >= 0.3 is 6.09 Å². The highest BCUT2D eigenvalue weighted by atomic mass is 16.6. The number of carbonyl (C=O) groups is 2. The molecule has 0 saturated carbocycles. The molecule has 9 nitrogen and oxygen atoms in total. The summed E-state index contributed by atoms with van der Waals surface area (Å²) in [4.78, 5) is 26.3. The highest BCUT2D eigenvalue weighted by Gasteiger charge is 2.45. The van der Waals surface area contributed by atoms with Gasteiger partial charge in [-0.1, -0.05) is 25.1 Å². The molecule has 2 amide bonds. The Bertz CT molecular complexity index is 1020. The van der Waals surface area contributed by atoms with Crippen LogP contribution in [0.1, 0.15) is 50.9 Å². The number of likely N-dealkylation sites (tertiary alicyclic amines) is 1. The number of nitrogens with two attached hydrogens (primary N) is 1. The van der Waals surface area contributed by atoms with Gasteiger partial charge in [0.2, 0.25) is 0 Å². The molecule has 3 N–H and O–H groups in total. The molecular formula is C23H30N6O3. The van der Waals surface area contributed by atoms with Gasteiger partial charge in [-0.15, -0.1) is 0 Å². The van der Waals surface area contributed by atoms with E-state index in [1.54, 1.807) is 15.8 Å². The Balaban J connectivity index is 1.91. The second-order valence-electron chi connectivity index (χ2n) is 9.21. The highest BCUT2D eigenvalue weighted by molar-refractivity contribution is 5.98. The van der Waals surface area contributed by atoms with E-state index in [0.29, 0.717) is 25.3 Å². The van der Waals surface area contributed by atoms with E-state index in [1.807, 2.05) is 58.0 Å². The zero-order valence-corrected chi connectivity index (χ0v) is 19.0. The molecule has 0 bridgehead atoms.